The molecule has 5 heteroatoms. The van der Waals surface area contributed by atoms with Gasteiger partial charge in [-0.15, -0.1) is 0 Å². The van der Waals surface area contributed by atoms with Crippen LogP contribution in [0.5, 0.6) is 5.75 Å². The van der Waals surface area contributed by atoms with Crippen LogP contribution in [0, 0.1) is 0 Å². The van der Waals surface area contributed by atoms with E-state index in [9.17, 15) is 4.79 Å². The number of ether oxygens (including phenoxy) is 1. The van der Waals surface area contributed by atoms with E-state index in [0.29, 0.717) is 11.6 Å². The summed E-state index contributed by atoms with van der Waals surface area (Å²) < 4.78 is 5.77. The summed E-state index contributed by atoms with van der Waals surface area (Å²) in [6.45, 7) is 1.32. The third kappa shape index (κ3) is 3.77. The van der Waals surface area contributed by atoms with Gasteiger partial charge >= 0.3 is 0 Å². The fraction of sp³-hybridized carbons (Fsp3) is 0.278. The van der Waals surface area contributed by atoms with Crippen molar-refractivity contribution in [2.24, 2.45) is 5.73 Å². The Hall–Kier alpha value is -2.20. The fourth-order valence-electron chi connectivity index (χ4n) is 2.90. The molecule has 0 bridgehead atoms. The summed E-state index contributed by atoms with van der Waals surface area (Å²) in [7, 11) is 0. The molecule has 1 amide bonds. The van der Waals surface area contributed by atoms with Gasteiger partial charge in [-0.05, 0) is 54.8 Å². The van der Waals surface area contributed by atoms with Gasteiger partial charge in [-0.1, -0.05) is 23.7 Å². The van der Waals surface area contributed by atoms with E-state index in [1.54, 1.807) is 0 Å². The molecule has 2 N–H and O–H groups in total. The molecule has 120 valence electrons. The van der Waals surface area contributed by atoms with E-state index in [-0.39, 0.29) is 11.9 Å². The number of nitrogens with zero attached hydrogens (tertiary/aromatic N) is 1. The number of anilines is 1. The second-order valence-corrected chi connectivity index (χ2v) is 6.10. The Kier molecular flexibility index (Phi) is 4.72. The molecule has 0 radical (unpaired) electrons. The van der Waals surface area contributed by atoms with E-state index in [2.05, 4.69) is 4.90 Å². The topological polar surface area (TPSA) is 55.6 Å². The minimum atomic E-state index is -0.260. The first kappa shape index (κ1) is 15.7. The van der Waals surface area contributed by atoms with Crippen molar-refractivity contribution in [1.82, 2.24) is 0 Å². The molecule has 3 rings (SSSR count). The minimum Gasteiger partial charge on any atom is -0.489 e. The van der Waals surface area contributed by atoms with Gasteiger partial charge in [-0.25, -0.2) is 0 Å². The second-order valence-electron chi connectivity index (χ2n) is 5.67. The van der Waals surface area contributed by atoms with Crippen LogP contribution in [0.4, 0.5) is 5.69 Å². The summed E-state index contributed by atoms with van der Waals surface area (Å²) in [6.07, 6.45) is 1.81. The lowest BCUT2D eigenvalue weighted by molar-refractivity contribution is -0.119. The van der Waals surface area contributed by atoms with Crippen LogP contribution in [-0.4, -0.2) is 18.5 Å². The molecule has 4 nitrogen and oxygen atoms in total. The van der Waals surface area contributed by atoms with E-state index in [0.717, 1.165) is 36.4 Å². The highest BCUT2D eigenvalue weighted by molar-refractivity contribution is 6.30. The molecule has 0 spiro atoms. The van der Waals surface area contributed by atoms with Gasteiger partial charge in [-0.3, -0.25) is 4.79 Å². The second kappa shape index (κ2) is 6.92. The molecule has 0 unspecified atom stereocenters. The quantitative estimate of drug-likeness (QED) is 0.914. The molecule has 2 aromatic rings. The predicted molar refractivity (Wildman–Crippen MR) is 91.8 cm³/mol. The molecule has 1 aliphatic rings. The summed E-state index contributed by atoms with van der Waals surface area (Å²) >= 11 is 5.96. The highest BCUT2D eigenvalue weighted by atomic mass is 35.5. The molecule has 1 fully saturated rings. The van der Waals surface area contributed by atoms with Crippen LogP contribution in [0.25, 0.3) is 0 Å². The van der Waals surface area contributed by atoms with Crippen LogP contribution >= 0.6 is 11.6 Å². The third-order valence-electron chi connectivity index (χ3n) is 4.04. The van der Waals surface area contributed by atoms with E-state index in [1.165, 1.54) is 0 Å². The lowest BCUT2D eigenvalue weighted by atomic mass is 10.2. The maximum Gasteiger partial charge on any atom is 0.240 e. The van der Waals surface area contributed by atoms with Crippen LogP contribution in [0.3, 0.4) is 0 Å². The number of benzene rings is 2. The number of hydrogen-bond acceptors (Lipinski definition) is 3. The van der Waals surface area contributed by atoms with Crippen LogP contribution < -0.4 is 15.4 Å². The zero-order valence-electron chi connectivity index (χ0n) is 12.7. The van der Waals surface area contributed by atoms with Crippen molar-refractivity contribution in [3.05, 3.63) is 59.1 Å². The molecule has 1 saturated heterocycles. The number of rotatable bonds is 5. The maximum absolute atomic E-state index is 11.5. The van der Waals surface area contributed by atoms with Crippen LogP contribution in [0.15, 0.2) is 48.5 Å². The van der Waals surface area contributed by atoms with Gasteiger partial charge in [-0.2, -0.15) is 0 Å². The van der Waals surface area contributed by atoms with Crippen molar-refractivity contribution in [2.75, 3.05) is 11.4 Å². The highest BCUT2D eigenvalue weighted by Crippen LogP contribution is 2.27. The Morgan fingerprint density at radius 3 is 2.74 bits per heavy atom. The molecule has 0 aromatic heterocycles. The van der Waals surface area contributed by atoms with Crippen LogP contribution in [0.1, 0.15) is 18.4 Å². The van der Waals surface area contributed by atoms with Crippen LogP contribution in [0.2, 0.25) is 5.02 Å². The molecule has 1 aliphatic heterocycles. The Balaban J connectivity index is 1.64. The number of hydrogen-bond donors (Lipinski definition) is 1. The summed E-state index contributed by atoms with van der Waals surface area (Å²) in [5.74, 6) is 0.521. The minimum absolute atomic E-state index is 0.201. The first-order valence-corrected chi connectivity index (χ1v) is 8.04. The molecule has 2 aromatic carbocycles. The fourth-order valence-corrected chi connectivity index (χ4v) is 3.11. The Bertz CT molecular complexity index is 688. The van der Waals surface area contributed by atoms with Gasteiger partial charge in [0.25, 0.3) is 0 Å². The molecular formula is C18H19ClN2O2. The normalized spacial score (nSPS) is 17.3. The molecule has 0 aliphatic carbocycles. The zero-order valence-corrected chi connectivity index (χ0v) is 13.5. The Morgan fingerprint density at radius 2 is 2.04 bits per heavy atom. The van der Waals surface area contributed by atoms with Gasteiger partial charge in [0.05, 0.1) is 0 Å². The summed E-state index contributed by atoms with van der Waals surface area (Å²) in [5, 5.41) is 0.702. The third-order valence-corrected chi connectivity index (χ3v) is 4.28. The number of halogens is 1. The van der Waals surface area contributed by atoms with Gasteiger partial charge in [0.1, 0.15) is 18.4 Å². The number of primary amides is 1. The number of nitrogens with two attached hydrogens (primary N) is 1. The van der Waals surface area contributed by atoms with Crippen molar-refractivity contribution in [3.8, 4) is 5.75 Å². The molecule has 1 heterocycles. The van der Waals surface area contributed by atoms with Gasteiger partial charge in [0, 0.05) is 17.3 Å². The number of carbonyl (C=O) groups is 1. The van der Waals surface area contributed by atoms with Crippen molar-refractivity contribution < 1.29 is 9.53 Å². The summed E-state index contributed by atoms with van der Waals surface area (Å²) in [5.41, 5.74) is 7.49. The average molecular weight is 331 g/mol. The van der Waals surface area contributed by atoms with Gasteiger partial charge < -0.3 is 15.4 Å². The van der Waals surface area contributed by atoms with Crippen LogP contribution in [-0.2, 0) is 11.4 Å². The molecule has 1 atom stereocenters. The smallest absolute Gasteiger partial charge is 0.240 e. The number of amides is 1. The lowest BCUT2D eigenvalue weighted by Gasteiger charge is -2.24. The molecular weight excluding hydrogens is 312 g/mol. The predicted octanol–water partition coefficient (Wildman–Crippen LogP) is 3.37. The first-order valence-electron chi connectivity index (χ1n) is 7.67. The van der Waals surface area contributed by atoms with Gasteiger partial charge in [0.15, 0.2) is 0 Å². The van der Waals surface area contributed by atoms with Crippen molar-refractivity contribution in [1.29, 1.82) is 0 Å². The Labute approximate surface area is 140 Å². The van der Waals surface area contributed by atoms with E-state index in [1.807, 2.05) is 48.5 Å². The average Bonchev–Trinajstić information content (AvgIpc) is 3.03. The number of carbonyl (C=O) groups excluding carboxylic acids is 1. The monoisotopic (exact) mass is 330 g/mol. The van der Waals surface area contributed by atoms with E-state index >= 15 is 0 Å². The zero-order chi connectivity index (χ0) is 16.2. The van der Waals surface area contributed by atoms with Crippen molar-refractivity contribution in [3.63, 3.8) is 0 Å². The largest absolute Gasteiger partial charge is 0.489 e. The van der Waals surface area contributed by atoms with Crippen molar-refractivity contribution in [2.45, 2.75) is 25.5 Å². The van der Waals surface area contributed by atoms with Gasteiger partial charge in [0.2, 0.25) is 5.91 Å². The molecule has 0 saturated carbocycles. The SMILES string of the molecule is NC(=O)[C@H]1CCCN1c1ccc(OCc2cccc(Cl)c2)cc1. The molecule has 23 heavy (non-hydrogen) atoms. The summed E-state index contributed by atoms with van der Waals surface area (Å²) in [4.78, 5) is 13.5. The van der Waals surface area contributed by atoms with E-state index < -0.39 is 0 Å². The first-order chi connectivity index (χ1) is 11.1. The Morgan fingerprint density at radius 1 is 1.26 bits per heavy atom. The lowest BCUT2D eigenvalue weighted by Crippen LogP contribution is -2.40. The van der Waals surface area contributed by atoms with E-state index in [4.69, 9.17) is 22.1 Å². The van der Waals surface area contributed by atoms with Crippen molar-refractivity contribution >= 4 is 23.2 Å². The highest BCUT2D eigenvalue weighted by Gasteiger charge is 2.28. The summed E-state index contributed by atoms with van der Waals surface area (Å²) in [6, 6.07) is 15.2. The maximum atomic E-state index is 11.5. The standard InChI is InChI=1S/C18H19ClN2O2/c19-14-4-1-3-13(11-14)12-23-16-8-6-15(7-9-16)21-10-2-5-17(21)18(20)22/h1,3-4,6-9,11,17H,2,5,10,12H2,(H2,20,22)/t17-/m1/s1.